The largest absolute Gasteiger partial charge is 0.474 e. The van der Waals surface area contributed by atoms with Gasteiger partial charge in [-0.1, -0.05) is 17.7 Å². The van der Waals surface area contributed by atoms with Gasteiger partial charge in [-0.2, -0.15) is 5.10 Å². The van der Waals surface area contributed by atoms with Crippen LogP contribution in [0.15, 0.2) is 36.7 Å². The van der Waals surface area contributed by atoms with Gasteiger partial charge in [0.1, 0.15) is 12.1 Å². The second-order valence-corrected chi connectivity index (χ2v) is 7.84. The summed E-state index contributed by atoms with van der Waals surface area (Å²) in [5.74, 6) is -2.70. The van der Waals surface area contributed by atoms with Crippen LogP contribution in [0.4, 0.5) is 13.2 Å². The van der Waals surface area contributed by atoms with Crippen molar-refractivity contribution in [1.82, 2.24) is 29.9 Å². The molecule has 0 aliphatic rings. The molecule has 4 aromatic rings. The van der Waals surface area contributed by atoms with Crippen LogP contribution >= 0.6 is 11.6 Å². The third-order valence-electron chi connectivity index (χ3n) is 4.82. The number of rotatable bonds is 6. The van der Waals surface area contributed by atoms with Gasteiger partial charge < -0.3 is 9.30 Å². The van der Waals surface area contributed by atoms with Crippen LogP contribution in [0.3, 0.4) is 0 Å². The number of ether oxygens (including phenoxy) is 1. The molecule has 0 amide bonds. The highest BCUT2D eigenvalue weighted by molar-refractivity contribution is 6.33. The lowest BCUT2D eigenvalue weighted by Crippen LogP contribution is -2.30. The molecule has 2 aromatic heterocycles. The summed E-state index contributed by atoms with van der Waals surface area (Å²) in [7, 11) is 0. The van der Waals surface area contributed by atoms with Gasteiger partial charge in [-0.15, -0.1) is 10.2 Å². The maximum atomic E-state index is 14.1. The molecule has 2 aromatic carbocycles. The summed E-state index contributed by atoms with van der Waals surface area (Å²) in [5.41, 5.74) is 0.0444. The quantitative estimate of drug-likeness (QED) is 0.429. The molecule has 7 nitrogen and oxygen atoms in total. The van der Waals surface area contributed by atoms with Crippen molar-refractivity contribution in [3.05, 3.63) is 65.0 Å². The van der Waals surface area contributed by atoms with Gasteiger partial charge in [0.15, 0.2) is 40.5 Å². The van der Waals surface area contributed by atoms with Crippen molar-refractivity contribution >= 4 is 11.6 Å². The molecule has 166 valence electrons. The Morgan fingerprint density at radius 3 is 2.41 bits per heavy atom. The number of nitrogens with zero attached hydrogens (tertiary/aromatic N) is 5. The fraction of sp³-hybridized carbons (Fsp3) is 0.238. The van der Waals surface area contributed by atoms with Gasteiger partial charge in [0.2, 0.25) is 0 Å². The van der Waals surface area contributed by atoms with Crippen molar-refractivity contribution < 1.29 is 17.9 Å². The summed E-state index contributed by atoms with van der Waals surface area (Å²) in [6.45, 7) is 5.47. The molecular formula is C21H18ClF3N6O. The second kappa shape index (κ2) is 8.27. The lowest BCUT2D eigenvalue weighted by atomic mass is 10.1. The summed E-state index contributed by atoms with van der Waals surface area (Å²) in [5, 5.41) is 15.4. The molecule has 0 saturated heterocycles. The summed E-state index contributed by atoms with van der Waals surface area (Å²) in [6, 6.07) is 6.41. The number of nitrogens with one attached hydrogen (secondary N) is 1. The number of aromatic nitrogens is 6. The van der Waals surface area contributed by atoms with Gasteiger partial charge in [0, 0.05) is 29.8 Å². The van der Waals surface area contributed by atoms with E-state index in [4.69, 9.17) is 16.3 Å². The molecule has 0 saturated carbocycles. The summed E-state index contributed by atoms with van der Waals surface area (Å²) < 4.78 is 48.9. The summed E-state index contributed by atoms with van der Waals surface area (Å²) in [4.78, 5) is 4.10. The molecule has 0 fully saturated rings. The highest BCUT2D eigenvalue weighted by atomic mass is 35.5. The zero-order valence-corrected chi connectivity index (χ0v) is 18.1. The summed E-state index contributed by atoms with van der Waals surface area (Å²) >= 11 is 6.51. The van der Waals surface area contributed by atoms with E-state index in [0.29, 0.717) is 46.7 Å². The van der Waals surface area contributed by atoms with Gasteiger partial charge >= 0.3 is 0 Å². The van der Waals surface area contributed by atoms with Crippen molar-refractivity contribution in [2.45, 2.75) is 32.9 Å². The zero-order valence-electron chi connectivity index (χ0n) is 17.3. The molecule has 0 atom stereocenters. The van der Waals surface area contributed by atoms with Crippen molar-refractivity contribution in [1.29, 1.82) is 0 Å². The number of H-pyrrole nitrogens is 1. The van der Waals surface area contributed by atoms with E-state index in [-0.39, 0.29) is 0 Å². The highest BCUT2D eigenvalue weighted by Gasteiger charge is 2.33. The van der Waals surface area contributed by atoms with Crippen LogP contribution < -0.4 is 4.74 Å². The van der Waals surface area contributed by atoms with E-state index >= 15 is 0 Å². The fourth-order valence-corrected chi connectivity index (χ4v) is 3.63. The molecule has 0 unspecified atom stereocenters. The van der Waals surface area contributed by atoms with E-state index in [2.05, 4.69) is 25.4 Å². The molecule has 0 spiro atoms. The highest BCUT2D eigenvalue weighted by Crippen LogP contribution is 2.35. The first-order valence-electron chi connectivity index (χ1n) is 9.64. The van der Waals surface area contributed by atoms with Crippen molar-refractivity contribution in [2.75, 3.05) is 0 Å². The normalized spacial score (nSPS) is 11.7. The van der Waals surface area contributed by atoms with Crippen LogP contribution in [-0.4, -0.2) is 29.9 Å². The minimum Gasteiger partial charge on any atom is -0.474 e. The van der Waals surface area contributed by atoms with Crippen LogP contribution in [0.1, 0.15) is 26.6 Å². The van der Waals surface area contributed by atoms with E-state index in [1.54, 1.807) is 36.6 Å². The standard InChI is InChI=1S/C21H18ClF3N6O/c1-4-31-19(13-6-5-11(7-14(13)22)18-26-10-27-28-18)29-30-20(31)21(2,3)32-17-15(24)8-12(23)9-16(17)25/h5-10H,4H2,1-3H3,(H,26,27,28). The van der Waals surface area contributed by atoms with Crippen LogP contribution in [0.5, 0.6) is 5.75 Å². The Kier molecular flexibility index (Phi) is 5.64. The van der Waals surface area contributed by atoms with Gasteiger partial charge in [-0.25, -0.2) is 18.2 Å². The molecule has 1 N–H and O–H groups in total. The van der Waals surface area contributed by atoms with E-state index in [0.717, 1.165) is 5.56 Å². The maximum Gasteiger partial charge on any atom is 0.192 e. The van der Waals surface area contributed by atoms with Crippen LogP contribution in [0.2, 0.25) is 5.02 Å². The minimum absolute atomic E-state index is 0.313. The Balaban J connectivity index is 1.72. The van der Waals surface area contributed by atoms with Gasteiger partial charge in [0.05, 0.1) is 5.02 Å². The zero-order chi connectivity index (χ0) is 23.0. The summed E-state index contributed by atoms with van der Waals surface area (Å²) in [6.07, 6.45) is 1.39. The monoisotopic (exact) mass is 462 g/mol. The maximum absolute atomic E-state index is 14.1. The number of hydrogen-bond donors (Lipinski definition) is 1. The number of benzene rings is 2. The Morgan fingerprint density at radius 1 is 1.09 bits per heavy atom. The molecule has 0 radical (unpaired) electrons. The Morgan fingerprint density at radius 2 is 1.81 bits per heavy atom. The molecule has 0 aliphatic carbocycles. The Labute approximate surface area is 186 Å². The molecule has 0 aliphatic heterocycles. The topological polar surface area (TPSA) is 81.5 Å². The lowest BCUT2D eigenvalue weighted by molar-refractivity contribution is 0.0824. The molecule has 4 rings (SSSR count). The predicted molar refractivity (Wildman–Crippen MR) is 111 cm³/mol. The van der Waals surface area contributed by atoms with Crippen LogP contribution in [0.25, 0.3) is 22.8 Å². The Bertz CT molecular complexity index is 1250. The number of aromatic amines is 1. The molecule has 32 heavy (non-hydrogen) atoms. The first-order valence-corrected chi connectivity index (χ1v) is 10.0. The number of halogens is 4. The SMILES string of the molecule is CCn1c(-c2ccc(-c3ncn[nH]3)cc2Cl)nnc1C(C)(C)Oc1c(F)cc(F)cc1F. The van der Waals surface area contributed by atoms with E-state index in [1.165, 1.54) is 6.33 Å². The minimum atomic E-state index is -1.30. The molecular weight excluding hydrogens is 445 g/mol. The van der Waals surface area contributed by atoms with E-state index in [1.807, 2.05) is 6.92 Å². The predicted octanol–water partition coefficient (Wildman–Crippen LogP) is 5.13. The molecule has 2 heterocycles. The van der Waals surface area contributed by atoms with Crippen molar-refractivity contribution in [3.8, 4) is 28.5 Å². The third-order valence-corrected chi connectivity index (χ3v) is 5.14. The van der Waals surface area contributed by atoms with Gasteiger partial charge in [0.25, 0.3) is 0 Å². The van der Waals surface area contributed by atoms with Crippen molar-refractivity contribution in [3.63, 3.8) is 0 Å². The molecule has 11 heteroatoms. The average Bonchev–Trinajstić information content (AvgIpc) is 3.40. The fourth-order valence-electron chi connectivity index (χ4n) is 3.36. The smallest absolute Gasteiger partial charge is 0.192 e. The number of hydrogen-bond acceptors (Lipinski definition) is 5. The van der Waals surface area contributed by atoms with E-state index in [9.17, 15) is 13.2 Å². The first kappa shape index (κ1) is 21.8. The lowest BCUT2D eigenvalue weighted by Gasteiger charge is -2.26. The van der Waals surface area contributed by atoms with Crippen LogP contribution in [-0.2, 0) is 12.1 Å². The van der Waals surface area contributed by atoms with Gasteiger partial charge in [-0.3, -0.25) is 5.10 Å². The first-order chi connectivity index (χ1) is 15.2. The van der Waals surface area contributed by atoms with Crippen LogP contribution in [0, 0.1) is 17.5 Å². The van der Waals surface area contributed by atoms with Gasteiger partial charge in [-0.05, 0) is 32.9 Å². The Hall–Kier alpha value is -3.40. The van der Waals surface area contributed by atoms with Crippen molar-refractivity contribution in [2.24, 2.45) is 0 Å². The molecule has 0 bridgehead atoms. The third kappa shape index (κ3) is 3.93. The van der Waals surface area contributed by atoms with E-state index < -0.39 is 28.8 Å². The second-order valence-electron chi connectivity index (χ2n) is 7.43. The average molecular weight is 463 g/mol.